The molecule has 0 saturated heterocycles. The van der Waals surface area contributed by atoms with Gasteiger partial charge >= 0.3 is 0 Å². The summed E-state index contributed by atoms with van der Waals surface area (Å²) < 4.78 is 7.38. The molecule has 0 fully saturated rings. The molecule has 0 spiro atoms. The Labute approximate surface area is 373 Å². The highest BCUT2D eigenvalue weighted by molar-refractivity contribution is 6.24. The molecule has 3 heteroatoms. The van der Waals surface area contributed by atoms with Gasteiger partial charge in [0.15, 0.2) is 0 Å². The lowest BCUT2D eigenvalue weighted by molar-refractivity contribution is 1.19. The molecule has 65 heavy (non-hydrogen) atoms. The average Bonchev–Trinajstić information content (AvgIpc) is 4.10. The van der Waals surface area contributed by atoms with E-state index in [0.29, 0.717) is 0 Å². The van der Waals surface area contributed by atoms with Gasteiger partial charge in [-0.25, -0.2) is 0 Å². The third-order valence-electron chi connectivity index (χ3n) is 14.3. The molecule has 0 unspecified atom stereocenters. The first-order valence-corrected chi connectivity index (χ1v) is 22.5. The highest BCUT2D eigenvalue weighted by Gasteiger charge is 2.21. The summed E-state index contributed by atoms with van der Waals surface area (Å²) in [5.74, 6) is 0. The van der Waals surface area contributed by atoms with Gasteiger partial charge < -0.3 is 13.5 Å². The Hall–Kier alpha value is -8.66. The number of fused-ring (bicyclic) bond motifs is 15. The molecule has 4 heterocycles. The molecule has 11 aromatic carbocycles. The number of aromatic nitrogens is 3. The molecular formula is C62H37N3. The first-order chi connectivity index (χ1) is 32.2. The van der Waals surface area contributed by atoms with E-state index < -0.39 is 0 Å². The van der Waals surface area contributed by atoms with Crippen LogP contribution in [0.15, 0.2) is 224 Å². The molecular weight excluding hydrogens is 787 g/mol. The summed E-state index contributed by atoms with van der Waals surface area (Å²) in [7, 11) is 0. The van der Waals surface area contributed by atoms with Crippen LogP contribution in [-0.4, -0.2) is 13.5 Å². The van der Waals surface area contributed by atoms with Crippen LogP contribution in [0.2, 0.25) is 0 Å². The number of hydrogen-bond acceptors (Lipinski definition) is 0. The molecule has 0 aliphatic carbocycles. The van der Waals surface area contributed by atoms with Crippen molar-refractivity contribution < 1.29 is 0 Å². The second-order valence-electron chi connectivity index (χ2n) is 17.7. The van der Waals surface area contributed by atoms with E-state index in [2.05, 4.69) is 238 Å². The predicted octanol–water partition coefficient (Wildman–Crippen LogP) is 16.7. The molecule has 3 nitrogen and oxygen atoms in total. The zero-order valence-electron chi connectivity index (χ0n) is 35.2. The summed E-state index contributed by atoms with van der Waals surface area (Å²) >= 11 is 0. The van der Waals surface area contributed by atoms with Crippen LogP contribution in [-0.2, 0) is 0 Å². The van der Waals surface area contributed by atoms with Crippen LogP contribution >= 0.6 is 0 Å². The summed E-state index contributed by atoms with van der Waals surface area (Å²) in [6.45, 7) is 0. The van der Waals surface area contributed by atoms with Crippen LogP contribution in [0.4, 0.5) is 0 Å². The smallest absolute Gasteiger partial charge is 0.0622 e. The summed E-state index contributed by atoms with van der Waals surface area (Å²) in [6, 6.07) is 83.2. The molecule has 0 bridgehead atoms. The van der Waals surface area contributed by atoms with E-state index in [0.717, 1.165) is 0 Å². The maximum absolute atomic E-state index is 2.47. The van der Waals surface area contributed by atoms with Gasteiger partial charge in [-0.1, -0.05) is 158 Å². The van der Waals surface area contributed by atoms with E-state index in [1.165, 1.54) is 137 Å². The van der Waals surface area contributed by atoms with Gasteiger partial charge in [0.25, 0.3) is 0 Å². The van der Waals surface area contributed by atoms with Gasteiger partial charge in [0.1, 0.15) is 0 Å². The standard InChI is InChI=1S/C62H37N3/c1-2-14-44-42(13-1)35-61(46-16-4-3-15-45(44)46)64-56-22-10-6-18-48(56)52-34-41(30-32-60(52)64)39-27-25-38(26-28-39)40-29-31-59-51(33-40)47-17-5-9-21-55(47)63(59)43-36-53-49-19-7-11-23-57(49)65-58-24-12-8-20-50(58)54(37-43)62(53)65/h1-37H. The Morgan fingerprint density at radius 2 is 0.631 bits per heavy atom. The maximum atomic E-state index is 2.47. The van der Waals surface area contributed by atoms with E-state index >= 15 is 0 Å². The lowest BCUT2D eigenvalue weighted by atomic mass is 9.98. The quantitative estimate of drug-likeness (QED) is 0.157. The Kier molecular flexibility index (Phi) is 6.95. The number of benzene rings is 11. The van der Waals surface area contributed by atoms with Crippen LogP contribution in [0.1, 0.15) is 0 Å². The fraction of sp³-hybridized carbons (Fsp3) is 0. The van der Waals surface area contributed by atoms with Gasteiger partial charge in [-0.2, -0.15) is 0 Å². The normalized spacial score (nSPS) is 12.3. The molecule has 300 valence electrons. The number of para-hydroxylation sites is 4. The highest BCUT2D eigenvalue weighted by Crippen LogP contribution is 2.44. The highest BCUT2D eigenvalue weighted by atomic mass is 15.0. The Bertz CT molecular complexity index is 4380. The zero-order valence-corrected chi connectivity index (χ0v) is 35.2. The second-order valence-corrected chi connectivity index (χ2v) is 17.7. The van der Waals surface area contributed by atoms with E-state index in [4.69, 9.17) is 0 Å². The summed E-state index contributed by atoms with van der Waals surface area (Å²) in [6.07, 6.45) is 0. The minimum atomic E-state index is 1.18. The first kappa shape index (κ1) is 34.9. The van der Waals surface area contributed by atoms with Crippen molar-refractivity contribution in [3.8, 4) is 33.6 Å². The van der Waals surface area contributed by atoms with E-state index in [1.54, 1.807) is 0 Å². The SMILES string of the molecule is c1ccc2c(c1)cc(-n1c3ccccc3c3cc(-c4ccc(-c5ccc6c(c5)c5ccccc5n6-c5cc6c7ccccc7n7c8ccccc8c(c5)c67)cc4)ccc31)c1ccccc12. The van der Waals surface area contributed by atoms with Crippen molar-refractivity contribution in [1.82, 2.24) is 13.5 Å². The molecule has 0 saturated carbocycles. The Morgan fingerprint density at radius 3 is 1.20 bits per heavy atom. The molecule has 0 radical (unpaired) electrons. The summed E-state index contributed by atoms with van der Waals surface area (Å²) in [4.78, 5) is 0. The molecule has 15 rings (SSSR count). The molecule has 0 aliphatic heterocycles. The van der Waals surface area contributed by atoms with Crippen LogP contribution in [0.5, 0.6) is 0 Å². The van der Waals surface area contributed by atoms with Crippen LogP contribution in [0.25, 0.3) is 137 Å². The predicted molar refractivity (Wildman–Crippen MR) is 276 cm³/mol. The molecule has 15 aromatic rings. The van der Waals surface area contributed by atoms with Crippen LogP contribution < -0.4 is 0 Å². The maximum Gasteiger partial charge on any atom is 0.0622 e. The minimum absolute atomic E-state index is 1.18. The molecule has 0 amide bonds. The van der Waals surface area contributed by atoms with Crippen LogP contribution in [0, 0.1) is 0 Å². The third-order valence-corrected chi connectivity index (χ3v) is 14.3. The van der Waals surface area contributed by atoms with Crippen molar-refractivity contribution in [1.29, 1.82) is 0 Å². The number of rotatable bonds is 4. The van der Waals surface area contributed by atoms with Crippen molar-refractivity contribution in [2.45, 2.75) is 0 Å². The van der Waals surface area contributed by atoms with Crippen molar-refractivity contribution in [3.63, 3.8) is 0 Å². The molecule has 4 aromatic heterocycles. The van der Waals surface area contributed by atoms with Crippen LogP contribution in [0.3, 0.4) is 0 Å². The molecule has 0 N–H and O–H groups in total. The topological polar surface area (TPSA) is 14.3 Å². The molecule has 0 atom stereocenters. The monoisotopic (exact) mass is 823 g/mol. The van der Waals surface area contributed by atoms with E-state index in [1.807, 2.05) is 0 Å². The largest absolute Gasteiger partial charge is 0.309 e. The number of hydrogen-bond donors (Lipinski definition) is 0. The zero-order chi connectivity index (χ0) is 42.3. The van der Waals surface area contributed by atoms with Gasteiger partial charge in [0.2, 0.25) is 0 Å². The second kappa shape index (κ2) is 12.9. The van der Waals surface area contributed by atoms with Gasteiger partial charge in [0.05, 0.1) is 44.3 Å². The van der Waals surface area contributed by atoms with Crippen molar-refractivity contribution in [2.24, 2.45) is 0 Å². The van der Waals surface area contributed by atoms with Gasteiger partial charge in [-0.3, -0.25) is 0 Å². The van der Waals surface area contributed by atoms with Gasteiger partial charge in [-0.05, 0) is 105 Å². The van der Waals surface area contributed by atoms with E-state index in [-0.39, 0.29) is 0 Å². The lowest BCUT2D eigenvalue weighted by Gasteiger charge is -2.14. The lowest BCUT2D eigenvalue weighted by Crippen LogP contribution is -1.96. The molecule has 0 aliphatic rings. The van der Waals surface area contributed by atoms with Crippen molar-refractivity contribution in [2.75, 3.05) is 0 Å². The average molecular weight is 824 g/mol. The minimum Gasteiger partial charge on any atom is -0.309 e. The van der Waals surface area contributed by atoms with Gasteiger partial charge in [0, 0.05) is 54.2 Å². The number of nitrogens with zero attached hydrogens (tertiary/aromatic N) is 3. The fourth-order valence-corrected chi connectivity index (χ4v) is 11.5. The first-order valence-electron chi connectivity index (χ1n) is 22.5. The van der Waals surface area contributed by atoms with Crippen molar-refractivity contribution >= 4 is 103 Å². The van der Waals surface area contributed by atoms with Crippen molar-refractivity contribution in [3.05, 3.63) is 224 Å². The third kappa shape index (κ3) is 4.79. The van der Waals surface area contributed by atoms with Gasteiger partial charge in [-0.15, -0.1) is 0 Å². The Morgan fingerprint density at radius 1 is 0.231 bits per heavy atom. The van der Waals surface area contributed by atoms with E-state index in [9.17, 15) is 0 Å². The summed E-state index contributed by atoms with van der Waals surface area (Å²) in [5.41, 5.74) is 15.8. The fourth-order valence-electron chi connectivity index (χ4n) is 11.5. The summed E-state index contributed by atoms with van der Waals surface area (Å²) in [5, 5.41) is 15.2. The Balaban J connectivity index is 0.845.